The van der Waals surface area contributed by atoms with E-state index in [2.05, 4.69) is 46.4 Å². The number of anilines is 1. The highest BCUT2D eigenvalue weighted by molar-refractivity contribution is 9.10. The van der Waals surface area contributed by atoms with Gasteiger partial charge in [0.1, 0.15) is 0 Å². The zero-order valence-corrected chi connectivity index (χ0v) is 12.0. The number of hydrogen-bond donors (Lipinski definition) is 1. The summed E-state index contributed by atoms with van der Waals surface area (Å²) in [7, 11) is 0. The molecule has 2 aliphatic carbocycles. The summed E-state index contributed by atoms with van der Waals surface area (Å²) in [5.41, 5.74) is 2.64. The molecule has 3 atom stereocenters. The Balaban J connectivity index is 1.62. The summed E-state index contributed by atoms with van der Waals surface area (Å²) in [5, 5.41) is 3.65. The van der Waals surface area contributed by atoms with Crippen LogP contribution >= 0.6 is 15.9 Å². The normalized spacial score (nSPS) is 30.8. The van der Waals surface area contributed by atoms with E-state index < -0.39 is 0 Å². The minimum Gasteiger partial charge on any atom is -0.385 e. The summed E-state index contributed by atoms with van der Waals surface area (Å²) >= 11 is 3.54. The molecule has 3 unspecified atom stereocenters. The van der Waals surface area contributed by atoms with Crippen LogP contribution in [-0.4, -0.2) is 6.54 Å². The molecule has 2 heteroatoms. The molecule has 92 valence electrons. The first kappa shape index (κ1) is 11.6. The van der Waals surface area contributed by atoms with Gasteiger partial charge in [0.05, 0.1) is 0 Å². The third-order valence-corrected chi connectivity index (χ3v) is 5.13. The highest BCUT2D eigenvalue weighted by atomic mass is 79.9. The van der Waals surface area contributed by atoms with Crippen LogP contribution in [0.25, 0.3) is 0 Å². The highest BCUT2D eigenvalue weighted by Gasteiger charge is 2.38. The van der Waals surface area contributed by atoms with Crippen molar-refractivity contribution < 1.29 is 0 Å². The second-order valence-electron chi connectivity index (χ2n) is 5.78. The maximum absolute atomic E-state index is 3.65. The van der Waals surface area contributed by atoms with Gasteiger partial charge in [-0.05, 0) is 61.6 Å². The van der Waals surface area contributed by atoms with Crippen molar-refractivity contribution in [1.29, 1.82) is 0 Å². The van der Waals surface area contributed by atoms with Gasteiger partial charge in [-0.15, -0.1) is 0 Å². The number of hydrogen-bond acceptors (Lipinski definition) is 1. The molecule has 0 amide bonds. The third kappa shape index (κ3) is 2.37. The lowest BCUT2D eigenvalue weighted by Gasteiger charge is -2.23. The number of rotatable bonds is 3. The molecule has 0 spiro atoms. The third-order valence-electron chi connectivity index (χ3n) is 4.64. The molecule has 1 nitrogen and oxygen atoms in total. The molecule has 0 saturated heterocycles. The number of benzene rings is 1. The Morgan fingerprint density at radius 1 is 1.29 bits per heavy atom. The summed E-state index contributed by atoms with van der Waals surface area (Å²) in [6.07, 6.45) is 5.94. The van der Waals surface area contributed by atoms with Crippen LogP contribution in [0, 0.1) is 24.7 Å². The Kier molecular flexibility index (Phi) is 3.16. The Morgan fingerprint density at radius 3 is 2.88 bits per heavy atom. The SMILES string of the molecule is Cc1ccc(Br)cc1NCC1CC2CCC1C2. The second kappa shape index (κ2) is 4.64. The standard InChI is InChI=1S/C15H20BrN/c1-10-2-5-14(16)8-15(10)17-9-13-7-11-3-4-12(13)6-11/h2,5,8,11-13,17H,3-4,6-7,9H2,1H3. The first-order valence-corrected chi connectivity index (χ1v) is 7.51. The maximum atomic E-state index is 3.65. The van der Waals surface area contributed by atoms with Crippen LogP contribution in [0.3, 0.4) is 0 Å². The molecule has 0 aromatic heterocycles. The van der Waals surface area contributed by atoms with Gasteiger partial charge >= 0.3 is 0 Å². The van der Waals surface area contributed by atoms with Crippen molar-refractivity contribution in [3.63, 3.8) is 0 Å². The van der Waals surface area contributed by atoms with Gasteiger partial charge in [-0.2, -0.15) is 0 Å². The van der Waals surface area contributed by atoms with E-state index in [1.807, 2.05) is 0 Å². The molecule has 2 saturated carbocycles. The van der Waals surface area contributed by atoms with E-state index in [4.69, 9.17) is 0 Å². The van der Waals surface area contributed by atoms with Crippen molar-refractivity contribution >= 4 is 21.6 Å². The predicted molar refractivity (Wildman–Crippen MR) is 76.3 cm³/mol. The van der Waals surface area contributed by atoms with Crippen LogP contribution in [0.15, 0.2) is 22.7 Å². The van der Waals surface area contributed by atoms with E-state index in [9.17, 15) is 0 Å². The molecule has 1 N–H and O–H groups in total. The topological polar surface area (TPSA) is 12.0 Å². The lowest BCUT2D eigenvalue weighted by Crippen LogP contribution is -2.20. The molecule has 0 heterocycles. The first-order chi connectivity index (χ1) is 8.22. The number of nitrogens with one attached hydrogen (secondary N) is 1. The van der Waals surface area contributed by atoms with Crippen LogP contribution < -0.4 is 5.32 Å². The van der Waals surface area contributed by atoms with E-state index >= 15 is 0 Å². The lowest BCUT2D eigenvalue weighted by molar-refractivity contribution is 0.348. The van der Waals surface area contributed by atoms with Gasteiger partial charge in [-0.3, -0.25) is 0 Å². The van der Waals surface area contributed by atoms with Crippen LogP contribution in [0.5, 0.6) is 0 Å². The lowest BCUT2D eigenvalue weighted by atomic mass is 9.89. The summed E-state index contributed by atoms with van der Waals surface area (Å²) < 4.78 is 1.17. The van der Waals surface area contributed by atoms with Gasteiger partial charge < -0.3 is 5.32 Å². The molecule has 1 aromatic rings. The highest BCUT2D eigenvalue weighted by Crippen LogP contribution is 2.48. The van der Waals surface area contributed by atoms with E-state index in [0.29, 0.717) is 0 Å². The minimum atomic E-state index is 0.923. The van der Waals surface area contributed by atoms with E-state index in [1.54, 1.807) is 0 Å². The zero-order valence-electron chi connectivity index (χ0n) is 10.4. The maximum Gasteiger partial charge on any atom is 0.0381 e. The van der Waals surface area contributed by atoms with Gasteiger partial charge in [0.25, 0.3) is 0 Å². The predicted octanol–water partition coefficient (Wildman–Crippen LogP) is 4.61. The molecular formula is C15H20BrN. The zero-order chi connectivity index (χ0) is 11.8. The molecule has 0 radical (unpaired) electrons. The Hall–Kier alpha value is -0.500. The number of aryl methyl sites for hydroxylation is 1. The van der Waals surface area contributed by atoms with E-state index in [-0.39, 0.29) is 0 Å². The van der Waals surface area contributed by atoms with Crippen molar-refractivity contribution in [2.24, 2.45) is 17.8 Å². The largest absolute Gasteiger partial charge is 0.385 e. The fraction of sp³-hybridized carbons (Fsp3) is 0.600. The van der Waals surface area contributed by atoms with Crippen molar-refractivity contribution in [3.05, 3.63) is 28.2 Å². The van der Waals surface area contributed by atoms with Crippen molar-refractivity contribution in [2.75, 3.05) is 11.9 Å². The fourth-order valence-corrected chi connectivity index (χ4v) is 4.01. The van der Waals surface area contributed by atoms with Crippen LogP contribution in [-0.2, 0) is 0 Å². The van der Waals surface area contributed by atoms with E-state index in [0.717, 1.165) is 17.8 Å². The monoisotopic (exact) mass is 293 g/mol. The van der Waals surface area contributed by atoms with Gasteiger partial charge in [-0.25, -0.2) is 0 Å². The summed E-state index contributed by atoms with van der Waals surface area (Å²) in [6, 6.07) is 6.48. The molecule has 17 heavy (non-hydrogen) atoms. The van der Waals surface area contributed by atoms with Crippen LogP contribution in [0.4, 0.5) is 5.69 Å². The summed E-state index contributed by atoms with van der Waals surface area (Å²) in [4.78, 5) is 0. The number of halogens is 1. The molecule has 2 bridgehead atoms. The van der Waals surface area contributed by atoms with Crippen LogP contribution in [0.1, 0.15) is 31.2 Å². The first-order valence-electron chi connectivity index (χ1n) is 6.72. The van der Waals surface area contributed by atoms with Crippen molar-refractivity contribution in [1.82, 2.24) is 0 Å². The average molecular weight is 294 g/mol. The van der Waals surface area contributed by atoms with Crippen molar-refractivity contribution in [3.8, 4) is 0 Å². The van der Waals surface area contributed by atoms with E-state index in [1.165, 1.54) is 48.0 Å². The molecule has 2 aliphatic rings. The quantitative estimate of drug-likeness (QED) is 0.858. The van der Waals surface area contributed by atoms with Gasteiger partial charge in [0.2, 0.25) is 0 Å². The molecular weight excluding hydrogens is 274 g/mol. The van der Waals surface area contributed by atoms with Crippen molar-refractivity contribution in [2.45, 2.75) is 32.6 Å². The molecule has 2 fully saturated rings. The molecule has 0 aliphatic heterocycles. The Bertz CT molecular complexity index is 415. The fourth-order valence-electron chi connectivity index (χ4n) is 3.65. The van der Waals surface area contributed by atoms with Crippen LogP contribution in [0.2, 0.25) is 0 Å². The molecule has 3 rings (SSSR count). The Labute approximate surface area is 112 Å². The summed E-state index contributed by atoms with van der Waals surface area (Å²) in [5.74, 6) is 2.99. The second-order valence-corrected chi connectivity index (χ2v) is 6.69. The average Bonchev–Trinajstić information content (AvgIpc) is 2.92. The Morgan fingerprint density at radius 2 is 2.18 bits per heavy atom. The number of fused-ring (bicyclic) bond motifs is 2. The van der Waals surface area contributed by atoms with Gasteiger partial charge in [0.15, 0.2) is 0 Å². The van der Waals surface area contributed by atoms with Gasteiger partial charge in [-0.1, -0.05) is 28.4 Å². The molecule has 1 aromatic carbocycles. The minimum absolute atomic E-state index is 0.923. The van der Waals surface area contributed by atoms with Gasteiger partial charge in [0, 0.05) is 16.7 Å². The summed E-state index contributed by atoms with van der Waals surface area (Å²) in [6.45, 7) is 3.34. The smallest absolute Gasteiger partial charge is 0.0381 e.